The molecule has 0 radical (unpaired) electrons. The van der Waals surface area contributed by atoms with Crippen molar-refractivity contribution >= 4 is 11.8 Å². The lowest BCUT2D eigenvalue weighted by atomic mass is 10.1. The third-order valence-corrected chi connectivity index (χ3v) is 3.07. The van der Waals surface area contributed by atoms with Gasteiger partial charge in [0.1, 0.15) is 17.6 Å². The SMILES string of the molecule is C[C@H](NC(=O)Cc1ccc(F)cc1)C(=O)NCc1ccco1. The fourth-order valence-electron chi connectivity index (χ4n) is 1.89. The quantitative estimate of drug-likeness (QED) is 0.854. The van der Waals surface area contributed by atoms with Crippen LogP contribution in [0.4, 0.5) is 4.39 Å². The van der Waals surface area contributed by atoms with Crippen molar-refractivity contribution in [1.82, 2.24) is 10.6 Å². The highest BCUT2D eigenvalue weighted by molar-refractivity contribution is 5.87. The topological polar surface area (TPSA) is 71.3 Å². The molecule has 2 rings (SSSR count). The minimum absolute atomic E-state index is 0.0933. The summed E-state index contributed by atoms with van der Waals surface area (Å²) in [5, 5.41) is 5.26. The van der Waals surface area contributed by atoms with Gasteiger partial charge in [0.2, 0.25) is 11.8 Å². The Morgan fingerprint density at radius 3 is 2.59 bits per heavy atom. The predicted octanol–water partition coefficient (Wildman–Crippen LogP) is 1.78. The molecule has 0 saturated heterocycles. The third-order valence-electron chi connectivity index (χ3n) is 3.07. The maximum Gasteiger partial charge on any atom is 0.242 e. The van der Waals surface area contributed by atoms with Crippen LogP contribution in [0.1, 0.15) is 18.2 Å². The summed E-state index contributed by atoms with van der Waals surface area (Å²) in [6, 6.07) is 8.48. The molecule has 0 saturated carbocycles. The number of benzene rings is 1. The molecule has 0 aliphatic heterocycles. The normalized spacial score (nSPS) is 11.7. The number of amides is 2. The van der Waals surface area contributed by atoms with Gasteiger partial charge in [-0.1, -0.05) is 12.1 Å². The average Bonchev–Trinajstić information content (AvgIpc) is 3.00. The summed E-state index contributed by atoms with van der Waals surface area (Å²) < 4.78 is 17.9. The lowest BCUT2D eigenvalue weighted by Crippen LogP contribution is -2.45. The summed E-state index contributed by atoms with van der Waals surface area (Å²) in [6.07, 6.45) is 1.62. The zero-order valence-electron chi connectivity index (χ0n) is 12.1. The Hall–Kier alpha value is -2.63. The molecule has 0 unspecified atom stereocenters. The number of nitrogens with one attached hydrogen (secondary N) is 2. The summed E-state index contributed by atoms with van der Waals surface area (Å²) in [5.74, 6) is -0.316. The molecule has 2 aromatic rings. The molecule has 2 amide bonds. The van der Waals surface area contributed by atoms with E-state index in [1.165, 1.54) is 30.5 Å². The Kier molecular flexibility index (Phi) is 5.30. The zero-order chi connectivity index (χ0) is 15.9. The molecular formula is C16H17FN2O3. The molecule has 0 aliphatic rings. The Morgan fingerprint density at radius 1 is 1.23 bits per heavy atom. The van der Waals surface area contributed by atoms with Gasteiger partial charge in [-0.3, -0.25) is 9.59 Å². The molecule has 0 spiro atoms. The van der Waals surface area contributed by atoms with E-state index in [9.17, 15) is 14.0 Å². The van der Waals surface area contributed by atoms with Crippen molar-refractivity contribution in [1.29, 1.82) is 0 Å². The highest BCUT2D eigenvalue weighted by Crippen LogP contribution is 2.04. The first-order valence-electron chi connectivity index (χ1n) is 6.88. The van der Waals surface area contributed by atoms with E-state index in [4.69, 9.17) is 4.42 Å². The van der Waals surface area contributed by atoms with E-state index in [-0.39, 0.29) is 30.6 Å². The van der Waals surface area contributed by atoms with Crippen LogP contribution in [-0.2, 0) is 22.6 Å². The van der Waals surface area contributed by atoms with Gasteiger partial charge < -0.3 is 15.1 Å². The molecule has 1 aromatic carbocycles. The summed E-state index contributed by atoms with van der Waals surface area (Å²) in [6.45, 7) is 1.87. The summed E-state index contributed by atoms with van der Waals surface area (Å²) in [5.41, 5.74) is 0.682. The summed E-state index contributed by atoms with van der Waals surface area (Å²) in [4.78, 5) is 23.7. The second-order valence-electron chi connectivity index (χ2n) is 4.89. The molecule has 0 aliphatic carbocycles. The predicted molar refractivity (Wildman–Crippen MR) is 78.3 cm³/mol. The van der Waals surface area contributed by atoms with Crippen LogP contribution in [0.3, 0.4) is 0 Å². The van der Waals surface area contributed by atoms with Gasteiger partial charge in [0.15, 0.2) is 0 Å². The number of rotatable bonds is 6. The molecule has 116 valence electrons. The number of halogens is 1. The van der Waals surface area contributed by atoms with E-state index in [0.29, 0.717) is 11.3 Å². The van der Waals surface area contributed by atoms with Gasteiger partial charge >= 0.3 is 0 Å². The van der Waals surface area contributed by atoms with Crippen molar-refractivity contribution in [3.8, 4) is 0 Å². The van der Waals surface area contributed by atoms with Gasteiger partial charge in [0.25, 0.3) is 0 Å². The minimum atomic E-state index is -0.664. The minimum Gasteiger partial charge on any atom is -0.467 e. The summed E-state index contributed by atoms with van der Waals surface area (Å²) in [7, 11) is 0. The lowest BCUT2D eigenvalue weighted by molar-refractivity contribution is -0.128. The number of furan rings is 1. The van der Waals surface area contributed by atoms with Gasteiger partial charge in [-0.2, -0.15) is 0 Å². The molecule has 1 aromatic heterocycles. The van der Waals surface area contributed by atoms with Crippen molar-refractivity contribution in [2.24, 2.45) is 0 Å². The van der Waals surface area contributed by atoms with Crippen molar-refractivity contribution in [2.45, 2.75) is 25.9 Å². The van der Waals surface area contributed by atoms with Crippen molar-refractivity contribution < 1.29 is 18.4 Å². The molecule has 22 heavy (non-hydrogen) atoms. The van der Waals surface area contributed by atoms with Crippen molar-refractivity contribution in [3.05, 3.63) is 59.8 Å². The van der Waals surface area contributed by atoms with Gasteiger partial charge in [-0.15, -0.1) is 0 Å². The number of hydrogen-bond donors (Lipinski definition) is 2. The standard InChI is InChI=1S/C16H17FN2O3/c1-11(16(21)18-10-14-3-2-8-22-14)19-15(20)9-12-4-6-13(17)7-5-12/h2-8,11H,9-10H2,1H3,(H,18,21)(H,19,20)/t11-/m0/s1. The van der Waals surface area contributed by atoms with Crippen LogP contribution in [0.25, 0.3) is 0 Å². The number of hydrogen-bond acceptors (Lipinski definition) is 3. The van der Waals surface area contributed by atoms with E-state index in [1.807, 2.05) is 0 Å². The largest absolute Gasteiger partial charge is 0.467 e. The van der Waals surface area contributed by atoms with Crippen LogP contribution in [0, 0.1) is 5.82 Å². The molecule has 1 atom stereocenters. The summed E-state index contributed by atoms with van der Waals surface area (Å²) >= 11 is 0. The highest BCUT2D eigenvalue weighted by atomic mass is 19.1. The van der Waals surface area contributed by atoms with Crippen molar-refractivity contribution in [3.63, 3.8) is 0 Å². The van der Waals surface area contributed by atoms with Crippen LogP contribution in [0.2, 0.25) is 0 Å². The van der Waals surface area contributed by atoms with Crippen LogP contribution < -0.4 is 10.6 Å². The van der Waals surface area contributed by atoms with Gasteiger partial charge in [-0.05, 0) is 36.8 Å². The molecule has 6 heteroatoms. The zero-order valence-corrected chi connectivity index (χ0v) is 12.1. The molecular weight excluding hydrogens is 287 g/mol. The van der Waals surface area contributed by atoms with E-state index < -0.39 is 6.04 Å². The Morgan fingerprint density at radius 2 is 1.95 bits per heavy atom. The van der Waals surface area contributed by atoms with Gasteiger partial charge in [0.05, 0.1) is 19.2 Å². The van der Waals surface area contributed by atoms with Crippen LogP contribution in [0.15, 0.2) is 47.1 Å². The molecule has 0 bridgehead atoms. The second kappa shape index (κ2) is 7.40. The fraction of sp³-hybridized carbons (Fsp3) is 0.250. The first-order valence-corrected chi connectivity index (χ1v) is 6.88. The maximum absolute atomic E-state index is 12.8. The third kappa shape index (κ3) is 4.73. The van der Waals surface area contributed by atoms with E-state index in [1.54, 1.807) is 19.1 Å². The average molecular weight is 304 g/mol. The molecule has 0 fully saturated rings. The smallest absolute Gasteiger partial charge is 0.242 e. The maximum atomic E-state index is 12.8. The first-order chi connectivity index (χ1) is 10.5. The first kappa shape index (κ1) is 15.8. The van der Waals surface area contributed by atoms with Crippen LogP contribution in [0.5, 0.6) is 0 Å². The monoisotopic (exact) mass is 304 g/mol. The Labute approximate surface area is 127 Å². The fourth-order valence-corrected chi connectivity index (χ4v) is 1.89. The molecule has 2 N–H and O–H groups in total. The molecule has 1 heterocycles. The van der Waals surface area contributed by atoms with E-state index >= 15 is 0 Å². The van der Waals surface area contributed by atoms with Crippen LogP contribution in [-0.4, -0.2) is 17.9 Å². The van der Waals surface area contributed by atoms with E-state index in [0.717, 1.165) is 0 Å². The van der Waals surface area contributed by atoms with Crippen molar-refractivity contribution in [2.75, 3.05) is 0 Å². The Balaban J connectivity index is 1.77. The van der Waals surface area contributed by atoms with Gasteiger partial charge in [0, 0.05) is 0 Å². The second-order valence-corrected chi connectivity index (χ2v) is 4.89. The van der Waals surface area contributed by atoms with E-state index in [2.05, 4.69) is 10.6 Å². The van der Waals surface area contributed by atoms with Gasteiger partial charge in [-0.25, -0.2) is 4.39 Å². The highest BCUT2D eigenvalue weighted by Gasteiger charge is 2.15. The Bertz CT molecular complexity index is 623. The number of carbonyl (C=O) groups excluding carboxylic acids is 2. The number of carbonyl (C=O) groups is 2. The van der Waals surface area contributed by atoms with Crippen LogP contribution >= 0.6 is 0 Å². The lowest BCUT2D eigenvalue weighted by Gasteiger charge is -2.13. The molecule has 5 nitrogen and oxygen atoms in total.